The first kappa shape index (κ1) is 20.3. The predicted molar refractivity (Wildman–Crippen MR) is 107 cm³/mol. The molecule has 0 aromatic heterocycles. The average molecular weight is 393 g/mol. The summed E-state index contributed by atoms with van der Waals surface area (Å²) in [6.07, 6.45) is 8.71. The number of sulfonamides is 1. The van der Waals surface area contributed by atoms with Gasteiger partial charge in [-0.05, 0) is 55.4 Å². The van der Waals surface area contributed by atoms with Crippen LogP contribution in [-0.4, -0.2) is 37.8 Å². The van der Waals surface area contributed by atoms with Crippen LogP contribution >= 0.6 is 0 Å². The SMILES string of the molecule is CCN(CC)S(=O)(=O)c1ccc(C(=O)N[C@@H]2CC[C@@H]3CCCC[C@H]3C2)cc1. The summed E-state index contributed by atoms with van der Waals surface area (Å²) in [5.74, 6) is 1.52. The summed E-state index contributed by atoms with van der Waals surface area (Å²) in [4.78, 5) is 12.9. The van der Waals surface area contributed by atoms with E-state index in [2.05, 4.69) is 5.32 Å². The molecule has 3 atom stereocenters. The van der Waals surface area contributed by atoms with Crippen molar-refractivity contribution in [3.63, 3.8) is 0 Å². The number of hydrogen-bond acceptors (Lipinski definition) is 3. The Hall–Kier alpha value is -1.40. The molecule has 0 saturated heterocycles. The molecule has 150 valence electrons. The van der Waals surface area contributed by atoms with Crippen molar-refractivity contribution in [1.29, 1.82) is 0 Å². The Morgan fingerprint density at radius 2 is 1.63 bits per heavy atom. The van der Waals surface area contributed by atoms with Gasteiger partial charge in [0.15, 0.2) is 0 Å². The minimum absolute atomic E-state index is 0.0963. The molecule has 2 saturated carbocycles. The number of fused-ring (bicyclic) bond motifs is 1. The van der Waals surface area contributed by atoms with E-state index in [0.717, 1.165) is 24.7 Å². The fourth-order valence-corrected chi connectivity index (χ4v) is 6.22. The molecule has 3 rings (SSSR count). The molecule has 0 unspecified atom stereocenters. The van der Waals surface area contributed by atoms with E-state index in [4.69, 9.17) is 0 Å². The van der Waals surface area contributed by atoms with Crippen LogP contribution in [0.1, 0.15) is 69.2 Å². The second kappa shape index (κ2) is 8.74. The molecule has 27 heavy (non-hydrogen) atoms. The lowest BCUT2D eigenvalue weighted by Gasteiger charge is -2.39. The van der Waals surface area contributed by atoms with E-state index >= 15 is 0 Å². The van der Waals surface area contributed by atoms with Gasteiger partial charge in [-0.1, -0.05) is 39.5 Å². The standard InChI is InChI=1S/C21H32N2O3S/c1-3-23(4-2)27(25,26)20-13-10-17(11-14-20)21(24)22-19-12-9-16-7-5-6-8-18(16)15-19/h10-11,13-14,16,18-19H,3-9,12,15H2,1-2H3,(H,22,24)/t16-,18-,19+/m0/s1. The van der Waals surface area contributed by atoms with E-state index in [1.54, 1.807) is 24.3 Å². The molecule has 2 aliphatic rings. The fraction of sp³-hybridized carbons (Fsp3) is 0.667. The number of rotatable bonds is 6. The first-order valence-electron chi connectivity index (χ1n) is 10.4. The van der Waals surface area contributed by atoms with Gasteiger partial charge in [-0.25, -0.2) is 8.42 Å². The Labute approximate surface area is 163 Å². The summed E-state index contributed by atoms with van der Waals surface area (Å²) in [5, 5.41) is 3.17. The highest BCUT2D eigenvalue weighted by molar-refractivity contribution is 7.89. The highest BCUT2D eigenvalue weighted by atomic mass is 32.2. The fourth-order valence-electron chi connectivity index (χ4n) is 4.76. The third-order valence-electron chi connectivity index (χ3n) is 6.33. The third-order valence-corrected chi connectivity index (χ3v) is 8.40. The van der Waals surface area contributed by atoms with Gasteiger partial charge in [0.05, 0.1) is 4.90 Å². The number of benzene rings is 1. The number of hydrogen-bond donors (Lipinski definition) is 1. The van der Waals surface area contributed by atoms with Crippen molar-refractivity contribution < 1.29 is 13.2 Å². The van der Waals surface area contributed by atoms with Gasteiger partial charge in [-0.2, -0.15) is 4.31 Å². The van der Waals surface area contributed by atoms with Gasteiger partial charge < -0.3 is 5.32 Å². The van der Waals surface area contributed by atoms with Crippen LogP contribution in [0.15, 0.2) is 29.2 Å². The van der Waals surface area contributed by atoms with Crippen LogP contribution in [0.2, 0.25) is 0 Å². The van der Waals surface area contributed by atoms with E-state index < -0.39 is 10.0 Å². The van der Waals surface area contributed by atoms with Crippen molar-refractivity contribution >= 4 is 15.9 Å². The molecule has 0 spiro atoms. The summed E-state index contributed by atoms with van der Waals surface area (Å²) in [5.41, 5.74) is 0.527. The van der Waals surface area contributed by atoms with E-state index in [0.29, 0.717) is 18.7 Å². The van der Waals surface area contributed by atoms with E-state index in [-0.39, 0.29) is 16.8 Å². The lowest BCUT2D eigenvalue weighted by atomic mass is 9.69. The first-order chi connectivity index (χ1) is 13.0. The molecule has 1 N–H and O–H groups in total. The Balaban J connectivity index is 1.62. The molecule has 0 bridgehead atoms. The van der Waals surface area contributed by atoms with Crippen LogP contribution in [-0.2, 0) is 10.0 Å². The zero-order valence-corrected chi connectivity index (χ0v) is 17.3. The van der Waals surface area contributed by atoms with Gasteiger partial charge in [0.2, 0.25) is 10.0 Å². The normalized spacial score (nSPS) is 25.8. The van der Waals surface area contributed by atoms with Gasteiger partial charge in [0.1, 0.15) is 0 Å². The predicted octanol–water partition coefficient (Wildman–Crippen LogP) is 3.81. The van der Waals surface area contributed by atoms with Gasteiger partial charge in [0.25, 0.3) is 5.91 Å². The molecule has 5 nitrogen and oxygen atoms in total. The van der Waals surface area contributed by atoms with Crippen molar-refractivity contribution in [3.05, 3.63) is 29.8 Å². The zero-order chi connectivity index (χ0) is 19.4. The van der Waals surface area contributed by atoms with Crippen LogP contribution < -0.4 is 5.32 Å². The maximum absolute atomic E-state index is 12.6. The van der Waals surface area contributed by atoms with Crippen molar-refractivity contribution in [1.82, 2.24) is 9.62 Å². The molecule has 0 aliphatic heterocycles. The molecule has 6 heteroatoms. The molecule has 2 fully saturated rings. The van der Waals surface area contributed by atoms with Gasteiger partial charge >= 0.3 is 0 Å². The van der Waals surface area contributed by atoms with Crippen LogP contribution in [0.5, 0.6) is 0 Å². The van der Waals surface area contributed by atoms with Crippen LogP contribution in [0.4, 0.5) is 0 Å². The van der Waals surface area contributed by atoms with Crippen molar-refractivity contribution in [2.75, 3.05) is 13.1 Å². The minimum Gasteiger partial charge on any atom is -0.349 e. The van der Waals surface area contributed by atoms with E-state index in [1.165, 1.54) is 36.4 Å². The molecular weight excluding hydrogens is 360 g/mol. The Bertz CT molecular complexity index is 741. The van der Waals surface area contributed by atoms with Crippen molar-refractivity contribution in [2.24, 2.45) is 11.8 Å². The highest BCUT2D eigenvalue weighted by Crippen LogP contribution is 2.40. The monoisotopic (exact) mass is 392 g/mol. The smallest absolute Gasteiger partial charge is 0.251 e. The first-order valence-corrected chi connectivity index (χ1v) is 11.8. The van der Waals surface area contributed by atoms with Crippen molar-refractivity contribution in [2.45, 2.75) is 69.7 Å². The average Bonchev–Trinajstić information content (AvgIpc) is 2.68. The number of carbonyl (C=O) groups is 1. The quantitative estimate of drug-likeness (QED) is 0.801. The molecular formula is C21H32N2O3S. The van der Waals surface area contributed by atoms with E-state index in [9.17, 15) is 13.2 Å². The van der Waals surface area contributed by atoms with Crippen LogP contribution in [0.25, 0.3) is 0 Å². The van der Waals surface area contributed by atoms with Gasteiger partial charge in [-0.3, -0.25) is 4.79 Å². The van der Waals surface area contributed by atoms with Crippen LogP contribution in [0, 0.1) is 11.8 Å². The molecule has 1 aromatic carbocycles. The number of amides is 1. The largest absolute Gasteiger partial charge is 0.349 e. The number of nitrogens with one attached hydrogen (secondary N) is 1. The zero-order valence-electron chi connectivity index (χ0n) is 16.5. The summed E-state index contributed by atoms with van der Waals surface area (Å²) < 4.78 is 26.5. The summed E-state index contributed by atoms with van der Waals surface area (Å²) in [6.45, 7) is 4.52. The highest BCUT2D eigenvalue weighted by Gasteiger charge is 2.32. The maximum atomic E-state index is 12.6. The van der Waals surface area contributed by atoms with E-state index in [1.807, 2.05) is 13.8 Å². The number of carbonyl (C=O) groups excluding carboxylic acids is 1. The Morgan fingerprint density at radius 3 is 2.26 bits per heavy atom. The second-order valence-electron chi connectivity index (χ2n) is 7.90. The lowest BCUT2D eigenvalue weighted by molar-refractivity contribution is 0.0879. The minimum atomic E-state index is -3.48. The molecule has 2 aliphatic carbocycles. The molecule has 0 radical (unpaired) electrons. The molecule has 1 aromatic rings. The number of nitrogens with zero attached hydrogens (tertiary/aromatic N) is 1. The Morgan fingerprint density at radius 1 is 1.00 bits per heavy atom. The van der Waals surface area contributed by atoms with Gasteiger partial charge in [0, 0.05) is 24.7 Å². The second-order valence-corrected chi connectivity index (χ2v) is 9.84. The Kier molecular flexibility index (Phi) is 6.58. The third kappa shape index (κ3) is 4.54. The molecule has 0 heterocycles. The van der Waals surface area contributed by atoms with Crippen LogP contribution in [0.3, 0.4) is 0 Å². The molecule has 1 amide bonds. The lowest BCUT2D eigenvalue weighted by Crippen LogP contribution is -2.41. The summed E-state index contributed by atoms with van der Waals surface area (Å²) in [6, 6.07) is 6.58. The summed E-state index contributed by atoms with van der Waals surface area (Å²) >= 11 is 0. The van der Waals surface area contributed by atoms with Crippen molar-refractivity contribution in [3.8, 4) is 0 Å². The summed E-state index contributed by atoms with van der Waals surface area (Å²) in [7, 11) is -3.48. The van der Waals surface area contributed by atoms with Gasteiger partial charge in [-0.15, -0.1) is 0 Å². The maximum Gasteiger partial charge on any atom is 0.251 e. The topological polar surface area (TPSA) is 66.5 Å².